The molecule has 1 aromatic rings. The minimum absolute atomic E-state index is 0.114. The highest BCUT2D eigenvalue weighted by Crippen LogP contribution is 2.47. The number of fused-ring (bicyclic) bond motifs is 1. The van der Waals surface area contributed by atoms with Crippen molar-refractivity contribution in [3.63, 3.8) is 0 Å². The van der Waals surface area contributed by atoms with Gasteiger partial charge in [-0.05, 0) is 29.6 Å². The van der Waals surface area contributed by atoms with Crippen LogP contribution < -0.4 is 0 Å². The highest BCUT2D eigenvalue weighted by atomic mass is 127. The summed E-state index contributed by atoms with van der Waals surface area (Å²) in [5, 5.41) is 10.3. The van der Waals surface area contributed by atoms with Gasteiger partial charge in [-0.3, -0.25) is 4.90 Å². The molecule has 1 saturated heterocycles. The number of halogens is 1. The molecule has 0 radical (unpaired) electrons. The first-order valence-corrected chi connectivity index (χ1v) is 7.27. The molecule has 1 N–H and O–H groups in total. The smallest absolute Gasteiger partial charge is 0.248 e. The molecule has 2 heterocycles. The summed E-state index contributed by atoms with van der Waals surface area (Å²) in [6, 6.07) is 7.94. The van der Waals surface area contributed by atoms with Crippen molar-refractivity contribution < 1.29 is 9.84 Å². The Morgan fingerprint density at radius 2 is 1.94 bits per heavy atom. The molecule has 0 spiro atoms. The summed E-state index contributed by atoms with van der Waals surface area (Å²) in [5.74, 6) is 0. The monoisotopic (exact) mass is 360 g/mol. The maximum Gasteiger partial charge on any atom is 0.248 e. The van der Waals surface area contributed by atoms with Crippen molar-refractivity contribution in [3.8, 4) is 0 Å². The maximum atomic E-state index is 10.3. The lowest BCUT2D eigenvalue weighted by Crippen LogP contribution is -2.46. The van der Waals surface area contributed by atoms with E-state index in [1.807, 2.05) is 40.8 Å². The van der Waals surface area contributed by atoms with Crippen molar-refractivity contribution in [2.24, 2.45) is 0 Å². The molecule has 2 aliphatic heterocycles. The molecule has 4 nitrogen and oxygen atoms in total. The zero-order chi connectivity index (χ0) is 12.8. The number of hydrogen-bond acceptors (Lipinski definition) is 4. The molecule has 0 amide bonds. The molecule has 2 unspecified atom stereocenters. The lowest BCUT2D eigenvalue weighted by atomic mass is 10.1. The van der Waals surface area contributed by atoms with E-state index >= 15 is 0 Å². The van der Waals surface area contributed by atoms with Gasteiger partial charge in [-0.15, -0.1) is 0 Å². The van der Waals surface area contributed by atoms with Gasteiger partial charge in [-0.25, -0.2) is 0 Å². The third kappa shape index (κ3) is 2.18. The number of aliphatic hydroxyl groups is 1. The number of hydrogen-bond donors (Lipinski definition) is 1. The molecule has 98 valence electrons. The highest BCUT2D eigenvalue weighted by Gasteiger charge is 2.44. The van der Waals surface area contributed by atoms with Crippen LogP contribution in [0.4, 0.5) is 0 Å². The first kappa shape index (κ1) is 12.8. The van der Waals surface area contributed by atoms with E-state index in [4.69, 9.17) is 4.74 Å². The van der Waals surface area contributed by atoms with E-state index in [-0.39, 0.29) is 6.23 Å². The van der Waals surface area contributed by atoms with Gasteiger partial charge in [0.1, 0.15) is 6.23 Å². The lowest BCUT2D eigenvalue weighted by Gasteiger charge is -2.36. The van der Waals surface area contributed by atoms with Crippen molar-refractivity contribution in [2.45, 2.75) is 10.0 Å². The Hall–Kier alpha value is -0.210. The first-order chi connectivity index (χ1) is 8.58. The Bertz CT molecular complexity index is 444. The number of ether oxygens (including phenoxy) is 1. The zero-order valence-electron chi connectivity index (χ0n) is 10.3. The predicted molar refractivity (Wildman–Crippen MR) is 77.3 cm³/mol. The van der Waals surface area contributed by atoms with Crippen LogP contribution in [0.1, 0.15) is 17.4 Å². The summed E-state index contributed by atoms with van der Waals surface area (Å²) in [5.41, 5.74) is 1.98. The van der Waals surface area contributed by atoms with Gasteiger partial charge in [-0.2, -0.15) is 0 Å². The Balaban J connectivity index is 1.87. The van der Waals surface area contributed by atoms with Crippen LogP contribution in [-0.2, 0) is 8.53 Å². The van der Waals surface area contributed by atoms with E-state index in [1.54, 1.807) is 0 Å². The maximum absolute atomic E-state index is 10.3. The molecule has 2 aliphatic rings. The lowest BCUT2D eigenvalue weighted by molar-refractivity contribution is -0.186. The highest BCUT2D eigenvalue weighted by molar-refractivity contribution is 14.1. The summed E-state index contributed by atoms with van der Waals surface area (Å²) < 4.78 is 4.65. The first-order valence-electron chi connectivity index (χ1n) is 6.19. The molecule has 0 aliphatic carbocycles. The molecule has 1 aromatic carbocycles. The molecule has 0 saturated carbocycles. The number of rotatable bonds is 1. The standard InChI is InChI=1S/C13H17IN2O2/c1-15-6-8-16(9-7-15)12-10-4-2-3-5-11(10)13(14,17)18-12/h2-5,12,17H,6-9H2,1H3. The second-order valence-electron chi connectivity index (χ2n) is 4.96. The molecule has 0 aromatic heterocycles. The van der Waals surface area contributed by atoms with Crippen molar-refractivity contribution in [2.75, 3.05) is 33.2 Å². The molecule has 0 bridgehead atoms. The van der Waals surface area contributed by atoms with Gasteiger partial charge in [0.05, 0.1) is 0 Å². The number of likely N-dealkylation sites (N-methyl/N-ethyl adjacent to an activating group) is 1. The molecule has 2 atom stereocenters. The van der Waals surface area contributed by atoms with Crippen LogP contribution in [0.25, 0.3) is 0 Å². The molecule has 1 fully saturated rings. The SMILES string of the molecule is CN1CCN(C2OC(O)(I)c3ccccc32)CC1. The molecular weight excluding hydrogens is 343 g/mol. The topological polar surface area (TPSA) is 35.9 Å². The second-order valence-corrected chi connectivity index (χ2v) is 6.42. The second kappa shape index (κ2) is 4.72. The van der Waals surface area contributed by atoms with Crippen LogP contribution in [-0.4, -0.2) is 48.1 Å². The fourth-order valence-corrected chi connectivity index (χ4v) is 3.33. The zero-order valence-corrected chi connectivity index (χ0v) is 12.5. The van der Waals surface area contributed by atoms with E-state index < -0.39 is 3.79 Å². The largest absolute Gasteiger partial charge is 0.354 e. The van der Waals surface area contributed by atoms with E-state index in [0.29, 0.717) is 0 Å². The van der Waals surface area contributed by atoms with Gasteiger partial charge in [0.2, 0.25) is 3.79 Å². The third-order valence-electron chi connectivity index (χ3n) is 3.70. The van der Waals surface area contributed by atoms with E-state index in [1.165, 1.54) is 0 Å². The normalized spacial score (nSPS) is 33.6. The van der Waals surface area contributed by atoms with Gasteiger partial charge >= 0.3 is 0 Å². The average Bonchev–Trinajstić information content (AvgIpc) is 2.63. The summed E-state index contributed by atoms with van der Waals surface area (Å²) in [6.45, 7) is 4.04. The Kier molecular flexibility index (Phi) is 3.36. The Morgan fingerprint density at radius 3 is 2.67 bits per heavy atom. The van der Waals surface area contributed by atoms with Crippen LogP contribution in [0.3, 0.4) is 0 Å². The van der Waals surface area contributed by atoms with Gasteiger partial charge in [0, 0.05) is 37.3 Å². The quantitative estimate of drug-likeness (QED) is 0.608. The minimum atomic E-state index is -1.19. The third-order valence-corrected chi connectivity index (χ3v) is 4.53. The van der Waals surface area contributed by atoms with Crippen molar-refractivity contribution >= 4 is 22.6 Å². The number of benzene rings is 1. The molecule has 18 heavy (non-hydrogen) atoms. The summed E-state index contributed by atoms with van der Waals surface area (Å²) in [7, 11) is 2.13. The molecule has 5 heteroatoms. The number of piperazine rings is 1. The number of alkyl halides is 1. The van der Waals surface area contributed by atoms with E-state index in [0.717, 1.165) is 37.3 Å². The van der Waals surface area contributed by atoms with Crippen molar-refractivity contribution in [3.05, 3.63) is 35.4 Å². The van der Waals surface area contributed by atoms with Crippen LogP contribution >= 0.6 is 22.6 Å². The predicted octanol–water partition coefficient (Wildman–Crippen LogP) is 1.50. The minimum Gasteiger partial charge on any atom is -0.354 e. The van der Waals surface area contributed by atoms with Crippen LogP contribution in [0.15, 0.2) is 24.3 Å². The van der Waals surface area contributed by atoms with Gasteiger partial charge < -0.3 is 14.7 Å². The molecule has 3 rings (SSSR count). The fraction of sp³-hybridized carbons (Fsp3) is 0.538. The van der Waals surface area contributed by atoms with Gasteiger partial charge in [-0.1, -0.05) is 24.3 Å². The van der Waals surface area contributed by atoms with E-state index in [2.05, 4.69) is 22.9 Å². The number of nitrogens with zero attached hydrogens (tertiary/aromatic N) is 2. The average molecular weight is 360 g/mol. The van der Waals surface area contributed by atoms with Gasteiger partial charge in [0.25, 0.3) is 0 Å². The molecular formula is C13H17IN2O2. The Labute approximate surface area is 121 Å². The van der Waals surface area contributed by atoms with Crippen molar-refractivity contribution in [1.29, 1.82) is 0 Å². The van der Waals surface area contributed by atoms with Crippen LogP contribution in [0, 0.1) is 0 Å². The van der Waals surface area contributed by atoms with Crippen molar-refractivity contribution in [1.82, 2.24) is 9.80 Å². The Morgan fingerprint density at radius 1 is 1.28 bits per heavy atom. The summed E-state index contributed by atoms with van der Waals surface area (Å²) in [4.78, 5) is 4.61. The summed E-state index contributed by atoms with van der Waals surface area (Å²) in [6.07, 6.45) is -0.114. The summed E-state index contributed by atoms with van der Waals surface area (Å²) >= 11 is 1.97. The van der Waals surface area contributed by atoms with Crippen LogP contribution in [0.5, 0.6) is 0 Å². The van der Waals surface area contributed by atoms with Crippen LogP contribution in [0.2, 0.25) is 0 Å². The fourth-order valence-electron chi connectivity index (χ4n) is 2.60. The van der Waals surface area contributed by atoms with Gasteiger partial charge in [0.15, 0.2) is 0 Å². The van der Waals surface area contributed by atoms with E-state index in [9.17, 15) is 5.11 Å².